The van der Waals surface area contributed by atoms with Crippen molar-refractivity contribution in [2.45, 2.75) is 39.2 Å². The highest BCUT2D eigenvalue weighted by molar-refractivity contribution is 5.15. The van der Waals surface area contributed by atoms with Gasteiger partial charge in [0.15, 0.2) is 0 Å². The molecule has 0 amide bonds. The minimum absolute atomic E-state index is 0.232. The molecule has 0 aliphatic heterocycles. The second-order valence-electron chi connectivity index (χ2n) is 5.15. The molecule has 20 heavy (non-hydrogen) atoms. The Morgan fingerprint density at radius 3 is 2.45 bits per heavy atom. The smallest absolute Gasteiger partial charge is 0.145 e. The molecule has 0 saturated carbocycles. The molecule has 0 radical (unpaired) electrons. The summed E-state index contributed by atoms with van der Waals surface area (Å²) >= 11 is 0. The number of rotatable bonds is 7. The summed E-state index contributed by atoms with van der Waals surface area (Å²) in [6.07, 6.45) is 6.97. The van der Waals surface area contributed by atoms with Gasteiger partial charge in [-0.25, -0.2) is 9.97 Å². The monoisotopic (exact) mass is 269 g/mol. The molecule has 1 N–H and O–H groups in total. The molecule has 2 aromatic rings. The second kappa shape index (κ2) is 7.75. The molecule has 2 rings (SSSR count). The molecule has 1 aromatic heterocycles. The van der Waals surface area contributed by atoms with Crippen LogP contribution in [0.25, 0.3) is 0 Å². The third-order valence-electron chi connectivity index (χ3n) is 3.32. The van der Waals surface area contributed by atoms with Crippen LogP contribution >= 0.6 is 0 Å². The lowest BCUT2D eigenvalue weighted by Crippen LogP contribution is -2.24. The van der Waals surface area contributed by atoms with E-state index in [1.807, 2.05) is 19.3 Å². The van der Waals surface area contributed by atoms with Crippen LogP contribution in [0.5, 0.6) is 0 Å². The van der Waals surface area contributed by atoms with Gasteiger partial charge in [-0.15, -0.1) is 0 Å². The predicted molar refractivity (Wildman–Crippen MR) is 82.6 cm³/mol. The Hall–Kier alpha value is -1.74. The Balaban J connectivity index is 2.01. The standard InChI is InChI=1S/C17H23N3/c1-3-11-18-16(17-19-12-14(2)13-20-17)10-9-15-7-5-4-6-8-15/h4-8,12-13,16,18H,3,9-11H2,1-2H3. The number of nitrogens with one attached hydrogen (secondary N) is 1. The highest BCUT2D eigenvalue weighted by Crippen LogP contribution is 2.16. The summed E-state index contributed by atoms with van der Waals surface area (Å²) < 4.78 is 0. The van der Waals surface area contributed by atoms with Gasteiger partial charge in [0.05, 0.1) is 6.04 Å². The van der Waals surface area contributed by atoms with E-state index >= 15 is 0 Å². The first-order valence-corrected chi connectivity index (χ1v) is 7.35. The van der Waals surface area contributed by atoms with Crippen molar-refractivity contribution in [2.24, 2.45) is 0 Å². The number of benzene rings is 1. The molecule has 1 unspecified atom stereocenters. The van der Waals surface area contributed by atoms with Crippen molar-refractivity contribution < 1.29 is 0 Å². The van der Waals surface area contributed by atoms with E-state index in [-0.39, 0.29) is 6.04 Å². The molecule has 0 bridgehead atoms. The molecule has 0 aliphatic rings. The predicted octanol–water partition coefficient (Wildman–Crippen LogP) is 3.46. The highest BCUT2D eigenvalue weighted by Gasteiger charge is 2.13. The minimum atomic E-state index is 0.232. The van der Waals surface area contributed by atoms with Crippen LogP contribution in [0.1, 0.15) is 42.8 Å². The van der Waals surface area contributed by atoms with E-state index in [0.29, 0.717) is 0 Å². The van der Waals surface area contributed by atoms with Crippen LogP contribution in [-0.4, -0.2) is 16.5 Å². The molecule has 1 atom stereocenters. The van der Waals surface area contributed by atoms with Gasteiger partial charge in [-0.1, -0.05) is 37.3 Å². The Bertz CT molecular complexity index is 493. The SMILES string of the molecule is CCCNC(CCc1ccccc1)c1ncc(C)cn1. The number of aryl methyl sites for hydroxylation is 2. The van der Waals surface area contributed by atoms with Crippen molar-refractivity contribution in [3.8, 4) is 0 Å². The van der Waals surface area contributed by atoms with E-state index in [1.54, 1.807) is 0 Å². The zero-order chi connectivity index (χ0) is 14.2. The van der Waals surface area contributed by atoms with Crippen molar-refractivity contribution in [1.29, 1.82) is 0 Å². The number of hydrogen-bond donors (Lipinski definition) is 1. The maximum absolute atomic E-state index is 4.47. The first kappa shape index (κ1) is 14.7. The fraction of sp³-hybridized carbons (Fsp3) is 0.412. The third-order valence-corrected chi connectivity index (χ3v) is 3.32. The summed E-state index contributed by atoms with van der Waals surface area (Å²) in [6.45, 7) is 5.19. The average molecular weight is 269 g/mol. The molecule has 0 spiro atoms. The van der Waals surface area contributed by atoms with Gasteiger partial charge < -0.3 is 5.32 Å². The molecule has 1 aromatic carbocycles. The Labute approximate surface area is 121 Å². The number of aromatic nitrogens is 2. The molecule has 0 aliphatic carbocycles. The van der Waals surface area contributed by atoms with Crippen molar-refractivity contribution >= 4 is 0 Å². The normalized spacial score (nSPS) is 12.3. The maximum Gasteiger partial charge on any atom is 0.145 e. The third kappa shape index (κ3) is 4.42. The van der Waals surface area contributed by atoms with Crippen LogP contribution in [0.2, 0.25) is 0 Å². The number of nitrogens with zero attached hydrogens (tertiary/aromatic N) is 2. The molecule has 0 saturated heterocycles. The van der Waals surface area contributed by atoms with Gasteiger partial charge in [0.2, 0.25) is 0 Å². The van der Waals surface area contributed by atoms with Crippen molar-refractivity contribution in [3.63, 3.8) is 0 Å². The zero-order valence-electron chi connectivity index (χ0n) is 12.3. The van der Waals surface area contributed by atoms with Crippen LogP contribution in [0, 0.1) is 6.92 Å². The van der Waals surface area contributed by atoms with E-state index in [2.05, 4.69) is 52.5 Å². The number of hydrogen-bond acceptors (Lipinski definition) is 3. The van der Waals surface area contributed by atoms with Crippen molar-refractivity contribution in [3.05, 3.63) is 59.7 Å². The zero-order valence-corrected chi connectivity index (χ0v) is 12.3. The summed E-state index contributed by atoms with van der Waals surface area (Å²) in [5.74, 6) is 0.903. The lowest BCUT2D eigenvalue weighted by Gasteiger charge is -2.17. The van der Waals surface area contributed by atoms with Gasteiger partial charge >= 0.3 is 0 Å². The Morgan fingerprint density at radius 1 is 1.10 bits per heavy atom. The first-order valence-electron chi connectivity index (χ1n) is 7.35. The van der Waals surface area contributed by atoms with Gasteiger partial charge in [-0.2, -0.15) is 0 Å². The minimum Gasteiger partial charge on any atom is -0.307 e. The van der Waals surface area contributed by atoms with Crippen LogP contribution in [0.3, 0.4) is 0 Å². The second-order valence-corrected chi connectivity index (χ2v) is 5.15. The van der Waals surface area contributed by atoms with Crippen molar-refractivity contribution in [1.82, 2.24) is 15.3 Å². The van der Waals surface area contributed by atoms with Gasteiger partial charge in [0, 0.05) is 12.4 Å². The van der Waals surface area contributed by atoms with Gasteiger partial charge in [-0.3, -0.25) is 0 Å². The van der Waals surface area contributed by atoms with Crippen molar-refractivity contribution in [2.75, 3.05) is 6.54 Å². The molecular weight excluding hydrogens is 246 g/mol. The molecule has 0 fully saturated rings. The highest BCUT2D eigenvalue weighted by atomic mass is 15.0. The maximum atomic E-state index is 4.47. The summed E-state index contributed by atoms with van der Waals surface area (Å²) in [5.41, 5.74) is 2.47. The average Bonchev–Trinajstić information content (AvgIpc) is 2.50. The van der Waals surface area contributed by atoms with Gasteiger partial charge in [0.1, 0.15) is 5.82 Å². The van der Waals surface area contributed by atoms with E-state index in [9.17, 15) is 0 Å². The van der Waals surface area contributed by atoms with Crippen LogP contribution in [-0.2, 0) is 6.42 Å². The Kier molecular flexibility index (Phi) is 5.69. The van der Waals surface area contributed by atoms with Crippen LogP contribution in [0.4, 0.5) is 0 Å². The topological polar surface area (TPSA) is 37.8 Å². The van der Waals surface area contributed by atoms with E-state index in [4.69, 9.17) is 0 Å². The van der Waals surface area contributed by atoms with Crippen LogP contribution < -0.4 is 5.32 Å². The van der Waals surface area contributed by atoms with Gasteiger partial charge in [-0.05, 0) is 43.9 Å². The van der Waals surface area contributed by atoms with Gasteiger partial charge in [0.25, 0.3) is 0 Å². The summed E-state index contributed by atoms with van der Waals surface area (Å²) in [7, 11) is 0. The molecule has 106 valence electrons. The summed E-state index contributed by atoms with van der Waals surface area (Å²) in [5, 5.41) is 3.55. The molecular formula is C17H23N3. The van der Waals surface area contributed by atoms with Crippen LogP contribution in [0.15, 0.2) is 42.7 Å². The van der Waals surface area contributed by atoms with E-state index < -0.39 is 0 Å². The molecule has 3 heteroatoms. The quantitative estimate of drug-likeness (QED) is 0.836. The molecule has 3 nitrogen and oxygen atoms in total. The van der Waals surface area contributed by atoms with E-state index in [1.165, 1.54) is 5.56 Å². The first-order chi connectivity index (χ1) is 9.79. The Morgan fingerprint density at radius 2 is 1.80 bits per heavy atom. The fourth-order valence-corrected chi connectivity index (χ4v) is 2.18. The lowest BCUT2D eigenvalue weighted by molar-refractivity contribution is 0.476. The largest absolute Gasteiger partial charge is 0.307 e. The lowest BCUT2D eigenvalue weighted by atomic mass is 10.0. The van der Waals surface area contributed by atoms with E-state index in [0.717, 1.165) is 37.2 Å². The summed E-state index contributed by atoms with van der Waals surface area (Å²) in [4.78, 5) is 8.94. The molecule has 1 heterocycles. The fourth-order valence-electron chi connectivity index (χ4n) is 2.18. The summed E-state index contributed by atoms with van der Waals surface area (Å²) in [6, 6.07) is 10.8.